The summed E-state index contributed by atoms with van der Waals surface area (Å²) >= 11 is 7.46. The molecule has 2 aromatic carbocycles. The molecule has 0 fully saturated rings. The number of nitrogens with zero attached hydrogens (tertiary/aromatic N) is 2. The fraction of sp³-hybridized carbons (Fsp3) is 0.150. The minimum Gasteiger partial charge on any atom is -0.387 e. The second kappa shape index (κ2) is 7.90. The van der Waals surface area contributed by atoms with Crippen LogP contribution in [0.2, 0.25) is 5.02 Å². The van der Waals surface area contributed by atoms with Crippen LogP contribution in [-0.4, -0.2) is 16.6 Å². The van der Waals surface area contributed by atoms with Gasteiger partial charge in [-0.05, 0) is 23.3 Å². The maximum Gasteiger partial charge on any atom is 0.275 e. The number of rotatable bonds is 5. The lowest BCUT2D eigenvalue weighted by Crippen LogP contribution is -2.21. The van der Waals surface area contributed by atoms with Crippen LogP contribution in [0.4, 0.5) is 5.13 Å². The second-order valence-electron chi connectivity index (χ2n) is 6.14. The van der Waals surface area contributed by atoms with Crippen LogP contribution >= 0.6 is 22.9 Å². The number of anilines is 1. The zero-order valence-electron chi connectivity index (χ0n) is 14.3. The van der Waals surface area contributed by atoms with Gasteiger partial charge in [0.1, 0.15) is 5.71 Å². The molecule has 27 heavy (non-hydrogen) atoms. The predicted octanol–water partition coefficient (Wildman–Crippen LogP) is 4.84. The number of amides is 1. The van der Waals surface area contributed by atoms with Crippen molar-refractivity contribution in [3.8, 4) is 0 Å². The molecule has 0 aliphatic carbocycles. The average Bonchev–Trinajstić information content (AvgIpc) is 3.32. The van der Waals surface area contributed by atoms with E-state index in [0.717, 1.165) is 16.0 Å². The minimum absolute atomic E-state index is 0.221. The van der Waals surface area contributed by atoms with E-state index in [1.807, 2.05) is 54.6 Å². The van der Waals surface area contributed by atoms with Crippen LogP contribution in [0.5, 0.6) is 0 Å². The monoisotopic (exact) mass is 397 g/mol. The molecule has 3 aromatic rings. The number of benzene rings is 2. The highest BCUT2D eigenvalue weighted by Gasteiger charge is 2.27. The third kappa shape index (κ3) is 4.35. The van der Waals surface area contributed by atoms with Crippen molar-refractivity contribution in [2.75, 3.05) is 5.32 Å². The predicted molar refractivity (Wildman–Crippen MR) is 107 cm³/mol. The van der Waals surface area contributed by atoms with Gasteiger partial charge < -0.3 is 4.84 Å². The molecule has 136 valence electrons. The molecular weight excluding hydrogens is 382 g/mol. The van der Waals surface area contributed by atoms with Crippen molar-refractivity contribution in [2.24, 2.45) is 5.16 Å². The summed E-state index contributed by atoms with van der Waals surface area (Å²) in [4.78, 5) is 23.2. The van der Waals surface area contributed by atoms with Gasteiger partial charge in [-0.1, -0.05) is 59.2 Å². The molecule has 1 unspecified atom stereocenters. The Balaban J connectivity index is 1.36. The zero-order chi connectivity index (χ0) is 18.6. The largest absolute Gasteiger partial charge is 0.387 e. The molecule has 1 N–H and O–H groups in total. The van der Waals surface area contributed by atoms with E-state index in [4.69, 9.17) is 16.4 Å². The van der Waals surface area contributed by atoms with Crippen LogP contribution in [0.1, 0.15) is 28.5 Å². The number of carbonyl (C=O) groups is 1. The lowest BCUT2D eigenvalue weighted by atomic mass is 10.0. The minimum atomic E-state index is -0.280. The molecule has 1 amide bonds. The molecule has 0 saturated heterocycles. The fourth-order valence-electron chi connectivity index (χ4n) is 2.82. The van der Waals surface area contributed by atoms with E-state index in [9.17, 15) is 4.79 Å². The molecule has 1 aliphatic heterocycles. The highest BCUT2D eigenvalue weighted by atomic mass is 35.5. The standard InChI is InChI=1S/C20H16ClN3O2S/c21-15-8-4-5-13(9-15)10-16-12-22-20(27-16)23-19(25)17-11-18(26-24-17)14-6-2-1-3-7-14/h1-9,12,18H,10-11H2,(H,22,23,25). The van der Waals surface area contributed by atoms with Gasteiger partial charge in [0.25, 0.3) is 5.91 Å². The number of oxime groups is 1. The van der Waals surface area contributed by atoms with E-state index in [-0.39, 0.29) is 12.0 Å². The molecule has 0 saturated carbocycles. The molecule has 0 radical (unpaired) electrons. The Kier molecular flexibility index (Phi) is 5.18. The lowest BCUT2D eigenvalue weighted by Gasteiger charge is -2.07. The lowest BCUT2D eigenvalue weighted by molar-refractivity contribution is -0.110. The Morgan fingerprint density at radius 1 is 1.22 bits per heavy atom. The first-order valence-corrected chi connectivity index (χ1v) is 9.65. The van der Waals surface area contributed by atoms with Gasteiger partial charge >= 0.3 is 0 Å². The molecule has 5 nitrogen and oxygen atoms in total. The van der Waals surface area contributed by atoms with Gasteiger partial charge in [0.05, 0.1) is 0 Å². The molecular formula is C20H16ClN3O2S. The number of thiazole rings is 1. The third-order valence-electron chi connectivity index (χ3n) is 4.14. The Bertz CT molecular complexity index is 988. The first-order valence-electron chi connectivity index (χ1n) is 8.45. The van der Waals surface area contributed by atoms with Crippen LogP contribution in [0.25, 0.3) is 0 Å². The summed E-state index contributed by atoms with van der Waals surface area (Å²) in [7, 11) is 0. The van der Waals surface area contributed by atoms with E-state index >= 15 is 0 Å². The Morgan fingerprint density at radius 3 is 2.89 bits per heavy atom. The topological polar surface area (TPSA) is 63.6 Å². The van der Waals surface area contributed by atoms with Crippen molar-refractivity contribution in [2.45, 2.75) is 18.9 Å². The highest BCUT2D eigenvalue weighted by Crippen LogP contribution is 2.28. The number of hydrogen-bond acceptors (Lipinski definition) is 5. The summed E-state index contributed by atoms with van der Waals surface area (Å²) in [6, 6.07) is 17.4. The van der Waals surface area contributed by atoms with Crippen molar-refractivity contribution in [3.63, 3.8) is 0 Å². The molecule has 2 heterocycles. The van der Waals surface area contributed by atoms with Gasteiger partial charge in [0, 0.05) is 28.9 Å². The van der Waals surface area contributed by atoms with Crippen LogP contribution in [0.15, 0.2) is 65.9 Å². The highest BCUT2D eigenvalue weighted by molar-refractivity contribution is 7.15. The van der Waals surface area contributed by atoms with Crippen molar-refractivity contribution in [1.29, 1.82) is 0 Å². The SMILES string of the molecule is O=C(Nc1ncc(Cc2cccc(Cl)c2)s1)C1=NOC(c2ccccc2)C1. The van der Waals surface area contributed by atoms with E-state index < -0.39 is 0 Å². The molecule has 0 bridgehead atoms. The summed E-state index contributed by atoms with van der Waals surface area (Å²) in [5, 5.41) is 8.00. The number of halogens is 1. The maximum absolute atomic E-state index is 12.4. The van der Waals surface area contributed by atoms with Gasteiger partial charge in [0.2, 0.25) is 0 Å². The van der Waals surface area contributed by atoms with Gasteiger partial charge in [-0.2, -0.15) is 0 Å². The summed E-state index contributed by atoms with van der Waals surface area (Å²) < 4.78 is 0. The number of carbonyl (C=O) groups excluding carboxylic acids is 1. The molecule has 1 aromatic heterocycles. The summed E-state index contributed by atoms with van der Waals surface area (Å²) in [6.45, 7) is 0. The quantitative estimate of drug-likeness (QED) is 0.669. The first-order chi connectivity index (χ1) is 13.2. The normalized spacial score (nSPS) is 15.9. The number of aromatic nitrogens is 1. The van der Waals surface area contributed by atoms with E-state index in [1.54, 1.807) is 6.20 Å². The van der Waals surface area contributed by atoms with Crippen LogP contribution in [-0.2, 0) is 16.1 Å². The van der Waals surface area contributed by atoms with Crippen LogP contribution in [0.3, 0.4) is 0 Å². The molecule has 0 spiro atoms. The van der Waals surface area contributed by atoms with E-state index in [1.165, 1.54) is 11.3 Å². The zero-order valence-corrected chi connectivity index (χ0v) is 15.8. The fourth-order valence-corrected chi connectivity index (χ4v) is 3.88. The van der Waals surface area contributed by atoms with Gasteiger partial charge in [0.15, 0.2) is 11.2 Å². The number of nitrogens with one attached hydrogen (secondary N) is 1. The Labute approximate surface area is 165 Å². The summed E-state index contributed by atoms with van der Waals surface area (Å²) in [5.41, 5.74) is 2.47. The number of hydrogen-bond donors (Lipinski definition) is 1. The van der Waals surface area contributed by atoms with Crippen molar-refractivity contribution in [1.82, 2.24) is 4.98 Å². The Hall–Kier alpha value is -2.70. The average molecular weight is 398 g/mol. The van der Waals surface area contributed by atoms with E-state index in [2.05, 4.69) is 15.5 Å². The molecule has 7 heteroatoms. The molecule has 4 rings (SSSR count). The van der Waals surface area contributed by atoms with Crippen LogP contribution < -0.4 is 5.32 Å². The molecule has 1 aliphatic rings. The van der Waals surface area contributed by atoms with Gasteiger partial charge in [-0.3, -0.25) is 10.1 Å². The van der Waals surface area contributed by atoms with Crippen molar-refractivity contribution in [3.05, 3.63) is 81.8 Å². The molecule has 1 atom stereocenters. The second-order valence-corrected chi connectivity index (χ2v) is 7.69. The summed E-state index contributed by atoms with van der Waals surface area (Å²) in [6.07, 6.45) is 2.70. The van der Waals surface area contributed by atoms with Gasteiger partial charge in [-0.15, -0.1) is 11.3 Å². The smallest absolute Gasteiger partial charge is 0.275 e. The third-order valence-corrected chi connectivity index (χ3v) is 5.29. The van der Waals surface area contributed by atoms with E-state index in [0.29, 0.717) is 28.7 Å². The van der Waals surface area contributed by atoms with Gasteiger partial charge in [-0.25, -0.2) is 4.98 Å². The Morgan fingerprint density at radius 2 is 2.07 bits per heavy atom. The summed E-state index contributed by atoms with van der Waals surface area (Å²) in [5.74, 6) is -0.280. The van der Waals surface area contributed by atoms with Crippen molar-refractivity contribution < 1.29 is 9.63 Å². The maximum atomic E-state index is 12.4. The van der Waals surface area contributed by atoms with Crippen molar-refractivity contribution >= 4 is 39.7 Å². The van der Waals surface area contributed by atoms with Crippen LogP contribution in [0, 0.1) is 0 Å². The first kappa shape index (κ1) is 17.7.